The number of benzene rings is 2. The van der Waals surface area contributed by atoms with Crippen molar-refractivity contribution in [3.63, 3.8) is 0 Å². The number of carboxylic acids is 1. The van der Waals surface area contributed by atoms with Gasteiger partial charge in [-0.2, -0.15) is 0 Å². The summed E-state index contributed by atoms with van der Waals surface area (Å²) in [6.07, 6.45) is 2.56. The summed E-state index contributed by atoms with van der Waals surface area (Å²) in [7, 11) is 0. The van der Waals surface area contributed by atoms with Gasteiger partial charge in [-0.05, 0) is 62.6 Å². The zero-order chi connectivity index (χ0) is 22.4. The lowest BCUT2D eigenvalue weighted by atomic mass is 9.99. The molecule has 0 saturated carbocycles. The smallest absolute Gasteiger partial charge is 0.331 e. The summed E-state index contributed by atoms with van der Waals surface area (Å²) >= 11 is 0. The van der Waals surface area contributed by atoms with E-state index in [1.54, 1.807) is 0 Å². The zero-order valence-corrected chi connectivity index (χ0v) is 18.2. The third kappa shape index (κ3) is 5.54. The molecule has 162 valence electrons. The number of aliphatic carboxylic acids is 1. The van der Waals surface area contributed by atoms with E-state index < -0.39 is 5.97 Å². The van der Waals surface area contributed by atoms with Crippen molar-refractivity contribution in [2.75, 3.05) is 6.61 Å². The number of ether oxygens (including phenoxy) is 2. The lowest BCUT2D eigenvalue weighted by Gasteiger charge is -2.18. The van der Waals surface area contributed by atoms with Crippen LogP contribution < -0.4 is 4.74 Å². The van der Waals surface area contributed by atoms with Gasteiger partial charge in [-0.15, -0.1) is 0 Å². The Morgan fingerprint density at radius 1 is 1.13 bits per heavy atom. The molecular weight excluding hydrogens is 394 g/mol. The van der Waals surface area contributed by atoms with Gasteiger partial charge in [0.05, 0.1) is 24.6 Å². The minimum atomic E-state index is -1.04. The van der Waals surface area contributed by atoms with Gasteiger partial charge in [0.2, 0.25) is 5.89 Å². The Hall–Kier alpha value is -3.54. The molecule has 6 nitrogen and oxygen atoms in total. The molecular formula is C25H27NO5. The fraction of sp³-hybridized carbons (Fsp3) is 0.280. The number of rotatable bonds is 9. The molecule has 3 rings (SSSR count). The highest BCUT2D eigenvalue weighted by molar-refractivity contribution is 5.79. The average Bonchev–Trinajstić information content (AvgIpc) is 3.12. The molecule has 0 aliphatic rings. The normalized spacial score (nSPS) is 12.1. The van der Waals surface area contributed by atoms with Crippen molar-refractivity contribution >= 4 is 5.97 Å². The topological polar surface area (TPSA) is 81.8 Å². The molecule has 0 aliphatic carbocycles. The third-order valence-corrected chi connectivity index (χ3v) is 5.22. The van der Waals surface area contributed by atoms with Crippen molar-refractivity contribution < 1.29 is 23.8 Å². The van der Waals surface area contributed by atoms with E-state index in [1.165, 1.54) is 6.26 Å². The van der Waals surface area contributed by atoms with Gasteiger partial charge in [-0.1, -0.05) is 24.3 Å². The Morgan fingerprint density at radius 2 is 1.87 bits per heavy atom. The Labute approximate surface area is 182 Å². The van der Waals surface area contributed by atoms with Crippen LogP contribution in [0, 0.1) is 20.8 Å². The molecule has 2 aromatic carbocycles. The molecule has 31 heavy (non-hydrogen) atoms. The molecule has 0 amide bonds. The summed E-state index contributed by atoms with van der Waals surface area (Å²) in [5, 5.41) is 8.68. The first-order valence-corrected chi connectivity index (χ1v) is 10.2. The first kappa shape index (κ1) is 22.2. The van der Waals surface area contributed by atoms with Crippen LogP contribution in [0.2, 0.25) is 0 Å². The predicted octanol–water partition coefficient (Wildman–Crippen LogP) is 5.56. The van der Waals surface area contributed by atoms with Gasteiger partial charge < -0.3 is 19.0 Å². The predicted molar refractivity (Wildman–Crippen MR) is 118 cm³/mol. The molecule has 0 spiro atoms. The van der Waals surface area contributed by atoms with Crippen molar-refractivity contribution in [1.82, 2.24) is 4.98 Å². The van der Waals surface area contributed by atoms with Crippen molar-refractivity contribution in [3.8, 4) is 17.2 Å². The number of carbonyl (C=O) groups is 1. The molecule has 1 N–H and O–H groups in total. The second kappa shape index (κ2) is 9.98. The van der Waals surface area contributed by atoms with Crippen LogP contribution in [0.25, 0.3) is 11.5 Å². The van der Waals surface area contributed by atoms with Crippen LogP contribution in [0.4, 0.5) is 0 Å². The summed E-state index contributed by atoms with van der Waals surface area (Å²) in [5.41, 5.74) is 4.90. The van der Waals surface area contributed by atoms with Crippen LogP contribution >= 0.6 is 0 Å². The fourth-order valence-electron chi connectivity index (χ4n) is 3.32. The SMILES string of the molecule is Cc1oc(-c2ccccc2)nc1CCOc1ccc(C(C)O/C=C/C(=O)O)c(C)c1C. The number of hydrogen-bond donors (Lipinski definition) is 1. The maximum Gasteiger partial charge on any atom is 0.331 e. The van der Waals surface area contributed by atoms with Crippen LogP contribution in [0.5, 0.6) is 5.75 Å². The molecule has 6 heteroatoms. The Morgan fingerprint density at radius 3 is 2.58 bits per heavy atom. The van der Waals surface area contributed by atoms with Gasteiger partial charge in [0.1, 0.15) is 17.6 Å². The van der Waals surface area contributed by atoms with Gasteiger partial charge in [0.25, 0.3) is 0 Å². The standard InChI is InChI=1S/C25H27NO5/c1-16-17(2)23(11-10-21(16)18(3)29-15-13-24(27)28)30-14-12-22-19(4)31-25(26-22)20-8-6-5-7-9-20/h5-11,13,15,18H,12,14H2,1-4H3,(H,27,28)/b15-13+. The van der Waals surface area contributed by atoms with Gasteiger partial charge in [-0.25, -0.2) is 9.78 Å². The Bertz CT molecular complexity index is 1070. The molecule has 0 bridgehead atoms. The van der Waals surface area contributed by atoms with E-state index in [0.717, 1.165) is 45.5 Å². The van der Waals surface area contributed by atoms with Crippen LogP contribution in [-0.4, -0.2) is 22.7 Å². The van der Waals surface area contributed by atoms with E-state index in [-0.39, 0.29) is 6.10 Å². The van der Waals surface area contributed by atoms with Gasteiger partial charge in [-0.3, -0.25) is 0 Å². The van der Waals surface area contributed by atoms with Gasteiger partial charge in [0, 0.05) is 12.0 Å². The number of hydrogen-bond acceptors (Lipinski definition) is 5. The van der Waals surface area contributed by atoms with Crippen LogP contribution in [0.15, 0.2) is 59.2 Å². The van der Waals surface area contributed by atoms with E-state index in [9.17, 15) is 4.79 Å². The second-order valence-electron chi connectivity index (χ2n) is 7.31. The fourth-order valence-corrected chi connectivity index (χ4v) is 3.32. The summed E-state index contributed by atoms with van der Waals surface area (Å²) in [6, 6.07) is 13.7. The number of nitrogens with zero attached hydrogens (tertiary/aromatic N) is 1. The second-order valence-corrected chi connectivity index (χ2v) is 7.31. The monoisotopic (exact) mass is 421 g/mol. The molecule has 0 fully saturated rings. The molecule has 1 atom stereocenters. The largest absolute Gasteiger partial charge is 0.493 e. The number of aromatic nitrogens is 1. The van der Waals surface area contributed by atoms with Crippen LogP contribution in [0.3, 0.4) is 0 Å². The lowest BCUT2D eigenvalue weighted by Crippen LogP contribution is -2.06. The molecule has 1 heterocycles. The first-order valence-electron chi connectivity index (χ1n) is 10.2. The van der Waals surface area contributed by atoms with E-state index in [0.29, 0.717) is 18.9 Å². The number of oxazole rings is 1. The van der Waals surface area contributed by atoms with Crippen LogP contribution in [0.1, 0.15) is 41.2 Å². The zero-order valence-electron chi connectivity index (χ0n) is 18.2. The number of aryl methyl sites for hydroxylation is 1. The summed E-state index contributed by atoms with van der Waals surface area (Å²) in [5.74, 6) is 1.18. The maximum atomic E-state index is 10.6. The quantitative estimate of drug-likeness (QED) is 0.360. The van der Waals surface area contributed by atoms with E-state index in [4.69, 9.17) is 19.0 Å². The van der Waals surface area contributed by atoms with E-state index in [2.05, 4.69) is 4.98 Å². The minimum Gasteiger partial charge on any atom is -0.493 e. The Balaban J connectivity index is 1.63. The highest BCUT2D eigenvalue weighted by Gasteiger charge is 2.15. The molecule has 0 radical (unpaired) electrons. The molecule has 0 saturated heterocycles. The van der Waals surface area contributed by atoms with Crippen LogP contribution in [-0.2, 0) is 16.0 Å². The van der Waals surface area contributed by atoms with Crippen molar-refractivity contribution in [1.29, 1.82) is 0 Å². The minimum absolute atomic E-state index is 0.266. The van der Waals surface area contributed by atoms with E-state index >= 15 is 0 Å². The summed E-state index contributed by atoms with van der Waals surface area (Å²) in [4.78, 5) is 15.2. The highest BCUT2D eigenvalue weighted by Crippen LogP contribution is 2.30. The van der Waals surface area contributed by atoms with Crippen molar-refractivity contribution in [3.05, 3.63) is 82.9 Å². The first-order chi connectivity index (χ1) is 14.9. The molecule has 1 unspecified atom stereocenters. The Kier molecular flexibility index (Phi) is 7.13. The molecule has 3 aromatic rings. The van der Waals surface area contributed by atoms with E-state index in [1.807, 2.05) is 70.2 Å². The summed E-state index contributed by atoms with van der Waals surface area (Å²) < 4.78 is 17.3. The summed E-state index contributed by atoms with van der Waals surface area (Å²) in [6.45, 7) is 8.29. The van der Waals surface area contributed by atoms with Crippen molar-refractivity contribution in [2.45, 2.75) is 40.2 Å². The van der Waals surface area contributed by atoms with Gasteiger partial charge in [0.15, 0.2) is 0 Å². The lowest BCUT2D eigenvalue weighted by molar-refractivity contribution is -0.131. The van der Waals surface area contributed by atoms with Gasteiger partial charge >= 0.3 is 5.97 Å². The third-order valence-electron chi connectivity index (χ3n) is 5.22. The molecule has 1 aromatic heterocycles. The highest BCUT2D eigenvalue weighted by atomic mass is 16.5. The maximum absolute atomic E-state index is 10.6. The average molecular weight is 421 g/mol. The van der Waals surface area contributed by atoms with Crippen molar-refractivity contribution in [2.24, 2.45) is 0 Å². The number of carboxylic acid groups (broad SMARTS) is 1. The molecule has 0 aliphatic heterocycles.